The van der Waals surface area contributed by atoms with Crippen molar-refractivity contribution < 1.29 is 4.55 Å². The molecule has 10 heavy (non-hydrogen) atoms. The molecular weight excluding hydrogens is 166 g/mol. The van der Waals surface area contributed by atoms with Crippen LogP contribution in [0.5, 0.6) is 0 Å². The Morgan fingerprint density at radius 2 is 2.40 bits per heavy atom. The van der Waals surface area contributed by atoms with Crippen LogP contribution in [-0.4, -0.2) is 21.3 Å². The summed E-state index contributed by atoms with van der Waals surface area (Å²) in [4.78, 5) is 3.78. The highest BCUT2D eigenvalue weighted by atomic mass is 32.2. The standard InChI is InChI=1S/C6H11NOS2/c1-3-4-6(7-5-9)10(2)8/h6H,3-4H2,1-2H3. The van der Waals surface area contributed by atoms with E-state index >= 15 is 0 Å². The summed E-state index contributed by atoms with van der Waals surface area (Å²) < 4.78 is 10.9. The largest absolute Gasteiger partial charge is 0.615 e. The maximum absolute atomic E-state index is 10.9. The van der Waals surface area contributed by atoms with Crippen LogP contribution in [0.15, 0.2) is 4.99 Å². The van der Waals surface area contributed by atoms with Crippen molar-refractivity contribution in [2.24, 2.45) is 4.99 Å². The molecule has 0 aromatic heterocycles. The Kier molecular flexibility index (Phi) is 5.93. The minimum atomic E-state index is -0.899. The predicted molar refractivity (Wildman–Crippen MR) is 47.8 cm³/mol. The van der Waals surface area contributed by atoms with Gasteiger partial charge in [0.15, 0.2) is 0 Å². The number of nitrogens with zero attached hydrogens (tertiary/aromatic N) is 1. The molecule has 0 heterocycles. The molecule has 0 aromatic rings. The van der Waals surface area contributed by atoms with Gasteiger partial charge in [-0.2, -0.15) is 4.99 Å². The summed E-state index contributed by atoms with van der Waals surface area (Å²) in [6, 6.07) is 0. The van der Waals surface area contributed by atoms with E-state index in [1.165, 1.54) is 0 Å². The number of hydrogen-bond donors (Lipinski definition) is 0. The smallest absolute Gasteiger partial charge is 0.214 e. The van der Waals surface area contributed by atoms with E-state index in [2.05, 4.69) is 22.4 Å². The summed E-state index contributed by atoms with van der Waals surface area (Å²) >= 11 is 3.51. The second-order valence-electron chi connectivity index (χ2n) is 1.96. The first-order valence-electron chi connectivity index (χ1n) is 3.11. The van der Waals surface area contributed by atoms with Gasteiger partial charge in [-0.3, -0.25) is 0 Å². The van der Waals surface area contributed by atoms with Crippen LogP contribution in [0.25, 0.3) is 0 Å². The Labute approximate surface area is 69.9 Å². The van der Waals surface area contributed by atoms with E-state index in [1.54, 1.807) is 6.26 Å². The molecule has 0 amide bonds. The van der Waals surface area contributed by atoms with Gasteiger partial charge >= 0.3 is 0 Å². The third-order valence-corrected chi connectivity index (χ3v) is 2.33. The molecule has 0 aliphatic rings. The van der Waals surface area contributed by atoms with Gasteiger partial charge < -0.3 is 4.55 Å². The maximum atomic E-state index is 10.9. The Morgan fingerprint density at radius 1 is 1.80 bits per heavy atom. The Bertz CT molecular complexity index is 132. The summed E-state index contributed by atoms with van der Waals surface area (Å²) in [5.41, 5.74) is 0. The average molecular weight is 177 g/mol. The summed E-state index contributed by atoms with van der Waals surface area (Å²) in [6.45, 7) is 2.03. The summed E-state index contributed by atoms with van der Waals surface area (Å²) in [7, 11) is 0. The van der Waals surface area contributed by atoms with Crippen LogP contribution in [0.2, 0.25) is 0 Å². The lowest BCUT2D eigenvalue weighted by molar-refractivity contribution is 0.578. The molecule has 4 heteroatoms. The second-order valence-corrected chi connectivity index (χ2v) is 3.69. The van der Waals surface area contributed by atoms with E-state index in [9.17, 15) is 4.55 Å². The lowest BCUT2D eigenvalue weighted by atomic mass is 10.3. The molecule has 0 radical (unpaired) electrons. The fourth-order valence-electron chi connectivity index (χ4n) is 0.610. The van der Waals surface area contributed by atoms with Gasteiger partial charge in [0.05, 0.1) is 11.4 Å². The van der Waals surface area contributed by atoms with E-state index in [4.69, 9.17) is 0 Å². The van der Waals surface area contributed by atoms with Gasteiger partial charge in [0.2, 0.25) is 5.37 Å². The molecular formula is C6H11NOS2. The van der Waals surface area contributed by atoms with Gasteiger partial charge in [0.25, 0.3) is 0 Å². The topological polar surface area (TPSA) is 35.4 Å². The van der Waals surface area contributed by atoms with Crippen molar-refractivity contribution in [2.45, 2.75) is 25.1 Å². The van der Waals surface area contributed by atoms with Crippen molar-refractivity contribution in [2.75, 3.05) is 6.26 Å². The number of hydrogen-bond acceptors (Lipinski definition) is 3. The molecule has 0 aromatic carbocycles. The zero-order valence-electron chi connectivity index (χ0n) is 6.16. The van der Waals surface area contributed by atoms with Gasteiger partial charge in [-0.15, -0.1) is 0 Å². The molecule has 0 saturated carbocycles. The molecule has 2 unspecified atom stereocenters. The van der Waals surface area contributed by atoms with Crippen molar-refractivity contribution in [3.05, 3.63) is 0 Å². The zero-order chi connectivity index (χ0) is 7.98. The molecule has 0 bridgehead atoms. The lowest BCUT2D eigenvalue weighted by Crippen LogP contribution is -2.16. The molecule has 2 atom stereocenters. The third-order valence-electron chi connectivity index (χ3n) is 1.12. The maximum Gasteiger partial charge on any atom is 0.214 e. The average Bonchev–Trinajstić information content (AvgIpc) is 1.87. The fourth-order valence-corrected chi connectivity index (χ4v) is 1.57. The number of isothiocyanates is 1. The molecule has 0 N–H and O–H groups in total. The first-order chi connectivity index (χ1) is 4.72. The first kappa shape index (κ1) is 10.1. The second kappa shape index (κ2) is 5.86. The van der Waals surface area contributed by atoms with E-state index < -0.39 is 11.2 Å². The van der Waals surface area contributed by atoms with Gasteiger partial charge in [-0.25, -0.2) is 0 Å². The quantitative estimate of drug-likeness (QED) is 0.371. The highest BCUT2D eigenvalue weighted by Crippen LogP contribution is 2.07. The lowest BCUT2D eigenvalue weighted by Gasteiger charge is -2.11. The third kappa shape index (κ3) is 4.01. The molecule has 0 fully saturated rings. The Hall–Kier alpha value is 0.110. The van der Waals surface area contributed by atoms with Crippen LogP contribution in [-0.2, 0) is 11.2 Å². The van der Waals surface area contributed by atoms with E-state index in [-0.39, 0.29) is 5.37 Å². The molecule has 58 valence electrons. The molecule has 2 nitrogen and oxygen atoms in total. The van der Waals surface area contributed by atoms with Gasteiger partial charge in [0, 0.05) is 6.42 Å². The normalized spacial score (nSPS) is 15.5. The fraction of sp³-hybridized carbons (Fsp3) is 0.833. The highest BCUT2D eigenvalue weighted by Gasteiger charge is 2.13. The Morgan fingerprint density at radius 3 is 2.70 bits per heavy atom. The molecule has 0 aliphatic carbocycles. The van der Waals surface area contributed by atoms with Crippen molar-refractivity contribution in [3.8, 4) is 0 Å². The first-order valence-corrected chi connectivity index (χ1v) is 5.14. The van der Waals surface area contributed by atoms with Crippen LogP contribution in [0.1, 0.15) is 19.8 Å². The van der Waals surface area contributed by atoms with Crippen molar-refractivity contribution in [1.82, 2.24) is 0 Å². The number of aliphatic imine (C=N–C) groups is 1. The van der Waals surface area contributed by atoms with Crippen molar-refractivity contribution >= 4 is 28.6 Å². The predicted octanol–water partition coefficient (Wildman–Crippen LogP) is 1.59. The van der Waals surface area contributed by atoms with E-state index in [1.807, 2.05) is 6.92 Å². The highest BCUT2D eigenvalue weighted by molar-refractivity contribution is 7.91. The minimum absolute atomic E-state index is 0.137. The van der Waals surface area contributed by atoms with Gasteiger partial charge in [-0.05, 0) is 29.8 Å². The van der Waals surface area contributed by atoms with Crippen LogP contribution in [0.3, 0.4) is 0 Å². The summed E-state index contributed by atoms with van der Waals surface area (Å²) in [5, 5.41) is 2.11. The Balaban J connectivity index is 3.84. The van der Waals surface area contributed by atoms with Crippen LogP contribution in [0.4, 0.5) is 0 Å². The SMILES string of the molecule is CCCC(N=C=S)[S+](C)[O-]. The molecule has 0 saturated heterocycles. The monoisotopic (exact) mass is 177 g/mol. The van der Waals surface area contributed by atoms with Crippen LogP contribution in [0, 0.1) is 0 Å². The number of thiocarbonyl (C=S) groups is 1. The minimum Gasteiger partial charge on any atom is -0.615 e. The van der Waals surface area contributed by atoms with Crippen molar-refractivity contribution in [3.63, 3.8) is 0 Å². The van der Waals surface area contributed by atoms with Gasteiger partial charge in [-0.1, -0.05) is 6.92 Å². The zero-order valence-corrected chi connectivity index (χ0v) is 7.80. The van der Waals surface area contributed by atoms with Crippen LogP contribution >= 0.6 is 12.2 Å². The summed E-state index contributed by atoms with van der Waals surface area (Å²) in [5.74, 6) is 0. The van der Waals surface area contributed by atoms with Gasteiger partial charge in [0.1, 0.15) is 0 Å². The summed E-state index contributed by atoms with van der Waals surface area (Å²) in [6.07, 6.45) is 3.44. The number of rotatable bonds is 4. The van der Waals surface area contributed by atoms with Crippen LogP contribution < -0.4 is 0 Å². The molecule has 0 spiro atoms. The molecule has 0 rings (SSSR count). The van der Waals surface area contributed by atoms with E-state index in [0.29, 0.717) is 0 Å². The molecule has 0 aliphatic heterocycles. The van der Waals surface area contributed by atoms with Crippen molar-refractivity contribution in [1.29, 1.82) is 0 Å². The van der Waals surface area contributed by atoms with E-state index in [0.717, 1.165) is 12.8 Å².